The van der Waals surface area contributed by atoms with Crippen LogP contribution < -0.4 is 0 Å². The number of rotatable bonds is 0. The number of fused-ring (bicyclic) bond motifs is 4. The maximum atomic E-state index is 2.77. The average molecular weight is 386 g/mol. The molecule has 0 aromatic heterocycles. The van der Waals surface area contributed by atoms with Gasteiger partial charge in [0.25, 0.3) is 0 Å². The summed E-state index contributed by atoms with van der Waals surface area (Å²) in [5.74, 6) is 6.99. The standard InChI is InChI=1S/C10H12I2/c11-9-5-1-3-6-2-4(5)8(7(3)9)10(6)12/h3-10H,1-2H2/t3-,4-,5-,6-,7-,8-,9+,10+/m1/s1. The molecule has 4 aliphatic carbocycles. The van der Waals surface area contributed by atoms with E-state index in [0.717, 1.165) is 19.7 Å². The summed E-state index contributed by atoms with van der Waals surface area (Å²) < 4.78 is 2.15. The molecule has 0 saturated heterocycles. The molecular weight excluding hydrogens is 374 g/mol. The van der Waals surface area contributed by atoms with Gasteiger partial charge in [-0.25, -0.2) is 0 Å². The Morgan fingerprint density at radius 1 is 0.667 bits per heavy atom. The van der Waals surface area contributed by atoms with E-state index in [2.05, 4.69) is 45.2 Å². The first-order chi connectivity index (χ1) is 5.79. The van der Waals surface area contributed by atoms with Crippen LogP contribution in [0.4, 0.5) is 0 Å². The van der Waals surface area contributed by atoms with Crippen LogP contribution in [0.2, 0.25) is 0 Å². The smallest absolute Gasteiger partial charge is 0.0175 e. The van der Waals surface area contributed by atoms with E-state index in [0.29, 0.717) is 0 Å². The van der Waals surface area contributed by atoms with Crippen LogP contribution in [-0.2, 0) is 0 Å². The Balaban J connectivity index is 1.92. The van der Waals surface area contributed by atoms with Gasteiger partial charge in [-0.1, -0.05) is 45.2 Å². The lowest BCUT2D eigenvalue weighted by atomic mass is 9.71. The minimum atomic E-state index is 1.08. The minimum absolute atomic E-state index is 1.08. The Morgan fingerprint density at radius 2 is 1.08 bits per heavy atom. The van der Waals surface area contributed by atoms with Crippen molar-refractivity contribution in [2.24, 2.45) is 35.5 Å². The first-order valence-electron chi connectivity index (χ1n) is 5.07. The Labute approximate surface area is 101 Å². The maximum Gasteiger partial charge on any atom is 0.0175 e. The van der Waals surface area contributed by atoms with Crippen LogP contribution >= 0.6 is 45.2 Å². The highest BCUT2D eigenvalue weighted by atomic mass is 127. The van der Waals surface area contributed by atoms with E-state index in [1.165, 1.54) is 23.7 Å². The van der Waals surface area contributed by atoms with Gasteiger partial charge in [0.2, 0.25) is 0 Å². The monoisotopic (exact) mass is 386 g/mol. The molecule has 4 aliphatic rings. The molecule has 0 amide bonds. The average Bonchev–Trinajstić information content (AvgIpc) is 2.68. The first kappa shape index (κ1) is 7.71. The van der Waals surface area contributed by atoms with Crippen LogP contribution in [0.3, 0.4) is 0 Å². The molecule has 0 aromatic carbocycles. The molecule has 0 nitrogen and oxygen atoms in total. The van der Waals surface area contributed by atoms with E-state index in [1.807, 2.05) is 0 Å². The summed E-state index contributed by atoms with van der Waals surface area (Å²) in [7, 11) is 0. The Kier molecular flexibility index (Phi) is 1.39. The summed E-state index contributed by atoms with van der Waals surface area (Å²) in [5.41, 5.74) is 0. The molecular formula is C10H12I2. The predicted octanol–water partition coefficient (Wildman–Crippen LogP) is 3.13. The Bertz CT molecular complexity index is 226. The molecule has 4 rings (SSSR count). The largest absolute Gasteiger partial charge is 0.0820 e. The molecule has 8 atom stereocenters. The third-order valence-electron chi connectivity index (χ3n) is 5.18. The lowest BCUT2D eigenvalue weighted by Crippen LogP contribution is -2.27. The molecule has 4 saturated carbocycles. The molecule has 2 heteroatoms. The van der Waals surface area contributed by atoms with Crippen LogP contribution in [0.5, 0.6) is 0 Å². The van der Waals surface area contributed by atoms with E-state index in [1.54, 1.807) is 12.8 Å². The normalized spacial score (nSPS) is 76.5. The van der Waals surface area contributed by atoms with Crippen molar-refractivity contribution in [3.63, 3.8) is 0 Å². The second-order valence-corrected chi connectivity index (χ2v) is 8.05. The van der Waals surface area contributed by atoms with Crippen molar-refractivity contribution in [1.82, 2.24) is 0 Å². The minimum Gasteiger partial charge on any atom is -0.0820 e. The summed E-state index contributed by atoms with van der Waals surface area (Å²) in [4.78, 5) is 0. The number of alkyl halides is 2. The lowest BCUT2D eigenvalue weighted by molar-refractivity contribution is 0.146. The summed E-state index contributed by atoms with van der Waals surface area (Å²) in [6.07, 6.45) is 3.23. The SMILES string of the molecule is I[C@H]1[C@@H]2C[C@@H]3[C@H]4C[C@H]2[C@@H]([C@H]4I)[C@H]13. The van der Waals surface area contributed by atoms with E-state index in [-0.39, 0.29) is 0 Å². The highest BCUT2D eigenvalue weighted by molar-refractivity contribution is 14.1. The molecule has 0 N–H and O–H groups in total. The summed E-state index contributed by atoms with van der Waals surface area (Å²) in [6.45, 7) is 0. The number of hydrogen-bond donors (Lipinski definition) is 0. The summed E-state index contributed by atoms with van der Waals surface area (Å²) in [6, 6.07) is 0. The van der Waals surface area contributed by atoms with Gasteiger partial charge < -0.3 is 0 Å². The topological polar surface area (TPSA) is 0 Å². The first-order valence-corrected chi connectivity index (χ1v) is 7.56. The summed E-state index contributed by atoms with van der Waals surface area (Å²) in [5, 5.41) is 0. The molecule has 0 heterocycles. The second-order valence-electron chi connectivity index (χ2n) is 5.17. The fourth-order valence-electron chi connectivity index (χ4n) is 4.98. The van der Waals surface area contributed by atoms with Crippen molar-refractivity contribution < 1.29 is 0 Å². The fourth-order valence-corrected chi connectivity index (χ4v) is 8.66. The van der Waals surface area contributed by atoms with E-state index in [4.69, 9.17) is 0 Å². The van der Waals surface area contributed by atoms with Gasteiger partial charge in [-0.2, -0.15) is 0 Å². The zero-order chi connectivity index (χ0) is 8.03. The van der Waals surface area contributed by atoms with Gasteiger partial charge in [0, 0.05) is 7.85 Å². The zero-order valence-electron chi connectivity index (χ0n) is 6.79. The van der Waals surface area contributed by atoms with Crippen LogP contribution in [0, 0.1) is 35.5 Å². The highest BCUT2D eigenvalue weighted by Crippen LogP contribution is 2.75. The molecule has 12 heavy (non-hydrogen) atoms. The van der Waals surface area contributed by atoms with Crippen molar-refractivity contribution in [3.05, 3.63) is 0 Å². The third-order valence-corrected chi connectivity index (χ3v) is 8.68. The van der Waals surface area contributed by atoms with Crippen LogP contribution in [-0.4, -0.2) is 7.85 Å². The molecule has 66 valence electrons. The lowest BCUT2D eigenvalue weighted by Gasteiger charge is -2.33. The number of hydrogen-bond acceptors (Lipinski definition) is 0. The predicted molar refractivity (Wildman–Crippen MR) is 65.8 cm³/mol. The van der Waals surface area contributed by atoms with Crippen LogP contribution in [0.25, 0.3) is 0 Å². The van der Waals surface area contributed by atoms with Gasteiger partial charge in [-0.3, -0.25) is 0 Å². The van der Waals surface area contributed by atoms with Gasteiger partial charge in [0.05, 0.1) is 0 Å². The zero-order valence-corrected chi connectivity index (χ0v) is 11.1. The molecule has 4 fully saturated rings. The molecule has 0 spiro atoms. The van der Waals surface area contributed by atoms with E-state index < -0.39 is 0 Å². The quantitative estimate of drug-likeness (QED) is 0.444. The summed E-state index contributed by atoms with van der Waals surface area (Å²) >= 11 is 5.53. The molecule has 4 bridgehead atoms. The van der Waals surface area contributed by atoms with Gasteiger partial charge in [0.15, 0.2) is 0 Å². The second kappa shape index (κ2) is 2.17. The molecule has 0 aliphatic heterocycles. The fraction of sp³-hybridized carbons (Fsp3) is 1.00. The van der Waals surface area contributed by atoms with Crippen LogP contribution in [0.15, 0.2) is 0 Å². The molecule has 0 radical (unpaired) electrons. The molecule has 0 unspecified atom stereocenters. The molecule has 0 aromatic rings. The van der Waals surface area contributed by atoms with E-state index >= 15 is 0 Å². The Hall–Kier alpha value is 1.46. The maximum absolute atomic E-state index is 2.77. The van der Waals surface area contributed by atoms with E-state index in [9.17, 15) is 0 Å². The van der Waals surface area contributed by atoms with Crippen LogP contribution in [0.1, 0.15) is 12.8 Å². The van der Waals surface area contributed by atoms with Crippen molar-refractivity contribution >= 4 is 45.2 Å². The van der Waals surface area contributed by atoms with Crippen molar-refractivity contribution in [2.45, 2.75) is 20.7 Å². The van der Waals surface area contributed by atoms with Crippen molar-refractivity contribution in [3.8, 4) is 0 Å². The highest BCUT2D eigenvalue weighted by Gasteiger charge is 2.71. The Morgan fingerprint density at radius 3 is 1.42 bits per heavy atom. The van der Waals surface area contributed by atoms with Gasteiger partial charge in [-0.15, -0.1) is 0 Å². The van der Waals surface area contributed by atoms with Gasteiger partial charge >= 0.3 is 0 Å². The number of halogens is 2. The van der Waals surface area contributed by atoms with Gasteiger partial charge in [0.1, 0.15) is 0 Å². The van der Waals surface area contributed by atoms with Crippen molar-refractivity contribution in [2.75, 3.05) is 0 Å². The van der Waals surface area contributed by atoms with Gasteiger partial charge in [-0.05, 0) is 48.3 Å². The van der Waals surface area contributed by atoms with Crippen molar-refractivity contribution in [1.29, 1.82) is 0 Å². The third kappa shape index (κ3) is 0.607.